The lowest BCUT2D eigenvalue weighted by atomic mass is 10.2. The van der Waals surface area contributed by atoms with E-state index in [4.69, 9.17) is 0 Å². The third kappa shape index (κ3) is 3.36. The number of hydrogen-bond acceptors (Lipinski definition) is 4. The monoisotopic (exact) mass is 355 g/mol. The molecule has 0 aliphatic heterocycles. The molecule has 1 heterocycles. The maximum Gasteiger partial charge on any atom is 0.267 e. The Morgan fingerprint density at radius 3 is 2.71 bits per heavy atom. The Morgan fingerprint density at radius 2 is 1.96 bits per heavy atom. The van der Waals surface area contributed by atoms with Crippen molar-refractivity contribution in [2.45, 2.75) is 30.7 Å². The molecule has 9 heteroatoms. The Morgan fingerprint density at radius 1 is 1.17 bits per heavy atom. The van der Waals surface area contributed by atoms with E-state index in [0.29, 0.717) is 6.07 Å². The molecule has 1 aliphatic rings. The zero-order valence-corrected chi connectivity index (χ0v) is 13.4. The molecule has 0 unspecified atom stereocenters. The van der Waals surface area contributed by atoms with Gasteiger partial charge >= 0.3 is 0 Å². The van der Waals surface area contributed by atoms with Crippen molar-refractivity contribution >= 4 is 10.0 Å². The van der Waals surface area contributed by atoms with Gasteiger partial charge < -0.3 is 0 Å². The van der Waals surface area contributed by atoms with E-state index < -0.39 is 21.7 Å². The molecule has 1 aliphatic carbocycles. The van der Waals surface area contributed by atoms with Crippen molar-refractivity contribution in [3.8, 4) is 0 Å². The molecule has 0 saturated heterocycles. The van der Waals surface area contributed by atoms with Crippen molar-refractivity contribution < 1.29 is 17.2 Å². The summed E-state index contributed by atoms with van der Waals surface area (Å²) in [6.45, 7) is -0.0396. The van der Waals surface area contributed by atoms with Crippen molar-refractivity contribution in [2.24, 2.45) is 0 Å². The maximum atomic E-state index is 13.2. The topological polar surface area (TPSA) is 81.1 Å². The number of fused-ring (bicyclic) bond motifs is 1. The highest BCUT2D eigenvalue weighted by atomic mass is 32.2. The molecule has 0 saturated carbocycles. The first-order valence-electron chi connectivity index (χ1n) is 7.41. The zero-order valence-electron chi connectivity index (χ0n) is 12.6. The molecule has 0 amide bonds. The summed E-state index contributed by atoms with van der Waals surface area (Å²) in [7, 11) is -3.99. The van der Waals surface area contributed by atoms with Crippen LogP contribution in [0.2, 0.25) is 0 Å². The van der Waals surface area contributed by atoms with E-state index in [9.17, 15) is 22.0 Å². The van der Waals surface area contributed by atoms with Gasteiger partial charge in [0.1, 0.15) is 0 Å². The first-order chi connectivity index (χ1) is 11.4. The van der Waals surface area contributed by atoms with Gasteiger partial charge in [0.15, 0.2) is 11.6 Å². The minimum atomic E-state index is -3.99. The van der Waals surface area contributed by atoms with Crippen LogP contribution < -0.4 is 10.3 Å². The normalized spacial score (nSPS) is 13.9. The van der Waals surface area contributed by atoms with Crippen molar-refractivity contribution in [1.29, 1.82) is 0 Å². The van der Waals surface area contributed by atoms with Crippen LogP contribution in [0.1, 0.15) is 17.7 Å². The average Bonchev–Trinajstić information content (AvgIpc) is 2.97. The Balaban J connectivity index is 1.70. The predicted molar refractivity (Wildman–Crippen MR) is 82.1 cm³/mol. The number of aryl methyl sites for hydroxylation is 2. The summed E-state index contributed by atoms with van der Waals surface area (Å²) in [5.41, 5.74) is 1.51. The molecule has 0 radical (unpaired) electrons. The van der Waals surface area contributed by atoms with E-state index in [2.05, 4.69) is 9.82 Å². The van der Waals surface area contributed by atoms with Gasteiger partial charge in [0, 0.05) is 12.6 Å². The van der Waals surface area contributed by atoms with Gasteiger partial charge in [0.2, 0.25) is 10.0 Å². The second kappa shape index (κ2) is 6.40. The van der Waals surface area contributed by atoms with Crippen LogP contribution >= 0.6 is 0 Å². The number of halogens is 2. The number of rotatable bonds is 5. The molecule has 1 aromatic heterocycles. The van der Waals surface area contributed by atoms with Gasteiger partial charge in [-0.2, -0.15) is 5.10 Å². The number of nitrogens with one attached hydrogen (secondary N) is 1. The summed E-state index contributed by atoms with van der Waals surface area (Å²) < 4.78 is 53.6. The van der Waals surface area contributed by atoms with E-state index in [1.165, 1.54) is 10.7 Å². The molecule has 24 heavy (non-hydrogen) atoms. The van der Waals surface area contributed by atoms with Crippen molar-refractivity contribution in [3.63, 3.8) is 0 Å². The SMILES string of the molecule is O=c1cc2c(nn1CCNS(=O)(=O)c1ccc(F)c(F)c1)CCC2. The highest BCUT2D eigenvalue weighted by Gasteiger charge is 2.17. The van der Waals surface area contributed by atoms with Crippen LogP contribution in [0.5, 0.6) is 0 Å². The number of hydrogen-bond donors (Lipinski definition) is 1. The molecule has 6 nitrogen and oxygen atoms in total. The second-order valence-electron chi connectivity index (χ2n) is 5.50. The van der Waals surface area contributed by atoms with E-state index in [0.717, 1.165) is 42.7 Å². The first kappa shape index (κ1) is 16.7. The second-order valence-corrected chi connectivity index (χ2v) is 7.27. The van der Waals surface area contributed by atoms with Crippen LogP contribution in [0.3, 0.4) is 0 Å². The number of aromatic nitrogens is 2. The van der Waals surface area contributed by atoms with E-state index in [1.54, 1.807) is 0 Å². The van der Waals surface area contributed by atoms with Crippen molar-refractivity contribution in [3.05, 3.63) is 57.5 Å². The van der Waals surface area contributed by atoms with Crippen LogP contribution in [-0.4, -0.2) is 24.7 Å². The largest absolute Gasteiger partial charge is 0.268 e. The van der Waals surface area contributed by atoms with Crippen LogP contribution in [0.4, 0.5) is 8.78 Å². The lowest BCUT2D eigenvalue weighted by Gasteiger charge is -2.09. The summed E-state index contributed by atoms with van der Waals surface area (Å²) in [6, 6.07) is 3.85. The third-order valence-corrected chi connectivity index (χ3v) is 5.30. The zero-order chi connectivity index (χ0) is 17.3. The lowest BCUT2D eigenvalue weighted by Crippen LogP contribution is -2.32. The number of sulfonamides is 1. The Hall–Kier alpha value is -2.13. The van der Waals surface area contributed by atoms with E-state index >= 15 is 0 Å². The minimum absolute atomic E-state index is 0.0506. The maximum absolute atomic E-state index is 13.2. The van der Waals surface area contributed by atoms with Gasteiger partial charge in [-0.25, -0.2) is 26.6 Å². The molecule has 0 fully saturated rings. The van der Waals surface area contributed by atoms with Gasteiger partial charge in [-0.15, -0.1) is 0 Å². The van der Waals surface area contributed by atoms with Gasteiger partial charge in [0.25, 0.3) is 5.56 Å². The fourth-order valence-corrected chi connectivity index (χ4v) is 3.65. The third-order valence-electron chi connectivity index (χ3n) is 3.84. The molecular weight excluding hydrogens is 340 g/mol. The van der Waals surface area contributed by atoms with E-state index in [1.807, 2.05) is 0 Å². The quantitative estimate of drug-likeness (QED) is 0.867. The van der Waals surface area contributed by atoms with Crippen molar-refractivity contribution in [2.75, 3.05) is 6.54 Å². The van der Waals surface area contributed by atoms with Gasteiger partial charge in [-0.05, 0) is 43.0 Å². The lowest BCUT2D eigenvalue weighted by molar-refractivity contribution is 0.503. The van der Waals surface area contributed by atoms with Gasteiger partial charge in [-0.3, -0.25) is 4.79 Å². The summed E-state index contributed by atoms with van der Waals surface area (Å²) in [5, 5.41) is 4.23. The van der Waals surface area contributed by atoms with Gasteiger partial charge in [-0.1, -0.05) is 0 Å². The van der Waals surface area contributed by atoms with Crippen LogP contribution in [0, 0.1) is 11.6 Å². The highest BCUT2D eigenvalue weighted by molar-refractivity contribution is 7.89. The average molecular weight is 355 g/mol. The Kier molecular flexibility index (Phi) is 4.46. The van der Waals surface area contributed by atoms with E-state index in [-0.39, 0.29) is 23.5 Å². The van der Waals surface area contributed by atoms with Gasteiger partial charge in [0.05, 0.1) is 17.1 Å². The van der Waals surface area contributed by atoms with Crippen LogP contribution in [0.25, 0.3) is 0 Å². The fourth-order valence-electron chi connectivity index (χ4n) is 2.61. The molecule has 1 aromatic carbocycles. The smallest absolute Gasteiger partial charge is 0.267 e. The van der Waals surface area contributed by atoms with Crippen molar-refractivity contribution in [1.82, 2.24) is 14.5 Å². The minimum Gasteiger partial charge on any atom is -0.268 e. The Labute approximate surface area is 137 Å². The fraction of sp³-hybridized carbons (Fsp3) is 0.333. The van der Waals surface area contributed by atoms with Crippen LogP contribution in [0.15, 0.2) is 34.0 Å². The molecule has 0 spiro atoms. The molecule has 1 N–H and O–H groups in total. The summed E-state index contributed by atoms with van der Waals surface area (Å²) in [5.74, 6) is -2.36. The number of nitrogens with zero attached hydrogens (tertiary/aromatic N) is 2. The molecule has 0 atom stereocenters. The summed E-state index contributed by atoms with van der Waals surface area (Å²) in [6.07, 6.45) is 2.59. The molecule has 0 bridgehead atoms. The number of benzene rings is 1. The standard InChI is InChI=1S/C15H15F2N3O3S/c16-12-5-4-11(9-13(12)17)24(22,23)18-6-7-20-15(21)8-10-2-1-3-14(10)19-20/h4-5,8-9,18H,1-3,6-7H2. The molecule has 2 aromatic rings. The molecular formula is C15H15F2N3O3S. The highest BCUT2D eigenvalue weighted by Crippen LogP contribution is 2.17. The summed E-state index contributed by atoms with van der Waals surface area (Å²) >= 11 is 0. The molecule has 128 valence electrons. The summed E-state index contributed by atoms with van der Waals surface area (Å²) in [4.78, 5) is 11.5. The Bertz CT molecular complexity index is 941. The predicted octanol–water partition coefficient (Wildman–Crippen LogP) is 0.989. The van der Waals surface area contributed by atoms with Crippen LogP contribution in [-0.2, 0) is 29.4 Å². The molecule has 3 rings (SSSR count). The first-order valence-corrected chi connectivity index (χ1v) is 8.90.